The summed E-state index contributed by atoms with van der Waals surface area (Å²) in [5.41, 5.74) is 7.89. The molecule has 1 aromatic carbocycles. The van der Waals surface area contributed by atoms with Gasteiger partial charge in [0.25, 0.3) is 5.91 Å². The van der Waals surface area contributed by atoms with Gasteiger partial charge in [-0.05, 0) is 13.0 Å². The lowest BCUT2D eigenvalue weighted by molar-refractivity contribution is -0.118. The number of imidazole rings is 1. The van der Waals surface area contributed by atoms with Crippen molar-refractivity contribution in [1.29, 1.82) is 0 Å². The quantitative estimate of drug-likeness (QED) is 0.634. The van der Waals surface area contributed by atoms with Gasteiger partial charge in [0.2, 0.25) is 0 Å². The van der Waals surface area contributed by atoms with Gasteiger partial charge in [-0.2, -0.15) is 0 Å². The fourth-order valence-electron chi connectivity index (χ4n) is 2.08. The molecule has 7 heteroatoms. The number of nitrogens with one attached hydrogen (secondary N) is 3. The number of nitrogens with zero attached hydrogens (tertiary/aromatic N) is 1. The molecule has 1 atom stereocenters. The lowest BCUT2D eigenvalue weighted by Gasteiger charge is -2.21. The Bertz CT molecular complexity index is 638. The van der Waals surface area contributed by atoms with Crippen molar-refractivity contribution in [3.05, 3.63) is 30.4 Å². The summed E-state index contributed by atoms with van der Waals surface area (Å²) in [7, 11) is 0. The van der Waals surface area contributed by atoms with Crippen LogP contribution in [0.15, 0.2) is 24.5 Å². The standard InChI is InChI=1S/C13H15N5O2/c1-7(13-15-2-3-16-13)17-9-5-10-11(4-8(9)14)20-6-12(19)18-10/h2-5,7,17H,6,14H2,1H3,(H,15,16)(H,18,19). The number of hydrogen-bond donors (Lipinski definition) is 4. The van der Waals surface area contributed by atoms with Crippen LogP contribution in [0.2, 0.25) is 0 Å². The highest BCUT2D eigenvalue weighted by molar-refractivity contribution is 5.97. The predicted molar refractivity (Wildman–Crippen MR) is 75.6 cm³/mol. The minimum atomic E-state index is -0.174. The molecule has 1 unspecified atom stereocenters. The van der Waals surface area contributed by atoms with Crippen molar-refractivity contribution in [2.75, 3.05) is 23.0 Å². The smallest absolute Gasteiger partial charge is 0.262 e. The number of benzene rings is 1. The number of ether oxygens (including phenoxy) is 1. The Labute approximate surface area is 115 Å². The highest BCUT2D eigenvalue weighted by Gasteiger charge is 2.19. The second-order valence-corrected chi connectivity index (χ2v) is 4.61. The second-order valence-electron chi connectivity index (χ2n) is 4.61. The third-order valence-electron chi connectivity index (χ3n) is 3.09. The average Bonchev–Trinajstić information content (AvgIpc) is 2.94. The normalized spacial score (nSPS) is 14.9. The Kier molecular flexibility index (Phi) is 2.94. The molecule has 104 valence electrons. The van der Waals surface area contributed by atoms with E-state index in [0.717, 1.165) is 11.5 Å². The second kappa shape index (κ2) is 4.76. The molecule has 3 rings (SSSR count). The van der Waals surface area contributed by atoms with Crippen LogP contribution in [0.5, 0.6) is 5.75 Å². The summed E-state index contributed by atoms with van der Waals surface area (Å²) in [5.74, 6) is 1.22. The molecule has 2 aromatic rings. The lowest BCUT2D eigenvalue weighted by Crippen LogP contribution is -2.25. The number of nitrogens with two attached hydrogens (primary N) is 1. The number of amides is 1. The van der Waals surface area contributed by atoms with Crippen molar-refractivity contribution in [1.82, 2.24) is 9.97 Å². The average molecular weight is 273 g/mol. The van der Waals surface area contributed by atoms with Gasteiger partial charge in [0, 0.05) is 18.5 Å². The van der Waals surface area contributed by atoms with Gasteiger partial charge in [0.1, 0.15) is 11.6 Å². The minimum absolute atomic E-state index is 0.0159. The van der Waals surface area contributed by atoms with Crippen molar-refractivity contribution >= 4 is 23.0 Å². The molecule has 2 heterocycles. The van der Waals surface area contributed by atoms with Crippen LogP contribution in [-0.4, -0.2) is 22.5 Å². The first-order valence-electron chi connectivity index (χ1n) is 6.25. The van der Waals surface area contributed by atoms with Gasteiger partial charge in [-0.15, -0.1) is 0 Å². The Hall–Kier alpha value is -2.70. The number of carbonyl (C=O) groups is 1. The van der Waals surface area contributed by atoms with E-state index in [4.69, 9.17) is 10.5 Å². The van der Waals surface area contributed by atoms with Crippen LogP contribution in [0.4, 0.5) is 17.1 Å². The summed E-state index contributed by atoms with van der Waals surface area (Å²) >= 11 is 0. The number of aromatic nitrogens is 2. The van der Waals surface area contributed by atoms with Crippen LogP contribution in [-0.2, 0) is 4.79 Å². The zero-order valence-corrected chi connectivity index (χ0v) is 10.9. The molecule has 0 saturated carbocycles. The van der Waals surface area contributed by atoms with Crippen molar-refractivity contribution in [3.8, 4) is 5.75 Å². The van der Waals surface area contributed by atoms with Gasteiger partial charge in [0.05, 0.1) is 23.1 Å². The van der Waals surface area contributed by atoms with E-state index < -0.39 is 0 Å². The van der Waals surface area contributed by atoms with Crippen molar-refractivity contribution in [3.63, 3.8) is 0 Å². The van der Waals surface area contributed by atoms with E-state index in [1.807, 2.05) is 6.92 Å². The Balaban J connectivity index is 1.86. The molecular weight excluding hydrogens is 258 g/mol. The molecule has 0 aliphatic carbocycles. The van der Waals surface area contributed by atoms with Gasteiger partial charge >= 0.3 is 0 Å². The van der Waals surface area contributed by atoms with Gasteiger partial charge < -0.3 is 26.1 Å². The van der Waals surface area contributed by atoms with E-state index in [2.05, 4.69) is 20.6 Å². The molecule has 1 aliphatic heterocycles. The fourth-order valence-corrected chi connectivity index (χ4v) is 2.08. The van der Waals surface area contributed by atoms with E-state index >= 15 is 0 Å². The molecular formula is C13H15N5O2. The lowest BCUT2D eigenvalue weighted by atomic mass is 10.2. The number of fused-ring (bicyclic) bond motifs is 1. The van der Waals surface area contributed by atoms with Crippen LogP contribution < -0.4 is 21.1 Å². The first-order chi connectivity index (χ1) is 9.63. The molecule has 0 fully saturated rings. The predicted octanol–water partition coefficient (Wildman–Crippen LogP) is 1.50. The van der Waals surface area contributed by atoms with Crippen molar-refractivity contribution < 1.29 is 9.53 Å². The zero-order valence-electron chi connectivity index (χ0n) is 10.9. The Morgan fingerprint density at radius 2 is 2.35 bits per heavy atom. The highest BCUT2D eigenvalue weighted by Crippen LogP contribution is 2.36. The largest absolute Gasteiger partial charge is 0.482 e. The summed E-state index contributed by atoms with van der Waals surface area (Å²) in [6.45, 7) is 1.98. The minimum Gasteiger partial charge on any atom is -0.482 e. The first kappa shape index (κ1) is 12.3. The Morgan fingerprint density at radius 1 is 1.50 bits per heavy atom. The van der Waals surface area contributed by atoms with Gasteiger partial charge in [-0.25, -0.2) is 4.98 Å². The number of anilines is 3. The molecule has 1 aromatic heterocycles. The van der Waals surface area contributed by atoms with Crippen LogP contribution in [0.1, 0.15) is 18.8 Å². The molecule has 0 radical (unpaired) electrons. The maximum atomic E-state index is 11.3. The third kappa shape index (κ3) is 2.25. The van der Waals surface area contributed by atoms with Crippen LogP contribution in [0, 0.1) is 0 Å². The summed E-state index contributed by atoms with van der Waals surface area (Å²) in [6.07, 6.45) is 3.45. The SMILES string of the molecule is CC(Nc1cc2c(cc1N)OCC(=O)N2)c1ncc[nH]1. The summed E-state index contributed by atoms with van der Waals surface area (Å²) in [4.78, 5) is 18.6. The van der Waals surface area contributed by atoms with Crippen LogP contribution in [0.3, 0.4) is 0 Å². The number of H-pyrrole nitrogens is 1. The molecule has 5 N–H and O–H groups in total. The van der Waals surface area contributed by atoms with E-state index in [1.165, 1.54) is 0 Å². The van der Waals surface area contributed by atoms with E-state index in [1.54, 1.807) is 24.5 Å². The van der Waals surface area contributed by atoms with Crippen molar-refractivity contribution in [2.24, 2.45) is 0 Å². The third-order valence-corrected chi connectivity index (χ3v) is 3.09. The number of rotatable bonds is 3. The molecule has 1 aliphatic rings. The highest BCUT2D eigenvalue weighted by atomic mass is 16.5. The molecule has 0 saturated heterocycles. The number of hydrogen-bond acceptors (Lipinski definition) is 5. The molecule has 7 nitrogen and oxygen atoms in total. The zero-order chi connectivity index (χ0) is 14.1. The van der Waals surface area contributed by atoms with Gasteiger partial charge in [-0.1, -0.05) is 0 Å². The molecule has 0 bridgehead atoms. The topological polar surface area (TPSA) is 105 Å². The fraction of sp³-hybridized carbons (Fsp3) is 0.231. The number of nitrogen functional groups attached to an aromatic ring is 1. The van der Waals surface area contributed by atoms with Gasteiger partial charge in [0.15, 0.2) is 6.61 Å². The van der Waals surface area contributed by atoms with Crippen LogP contribution >= 0.6 is 0 Å². The van der Waals surface area contributed by atoms with Crippen LogP contribution in [0.25, 0.3) is 0 Å². The maximum Gasteiger partial charge on any atom is 0.262 e. The number of carbonyl (C=O) groups excluding carboxylic acids is 1. The monoisotopic (exact) mass is 273 g/mol. The summed E-state index contributed by atoms with van der Waals surface area (Å²) < 4.78 is 5.31. The van der Waals surface area contributed by atoms with E-state index in [9.17, 15) is 4.79 Å². The molecule has 0 spiro atoms. The summed E-state index contributed by atoms with van der Waals surface area (Å²) in [5, 5.41) is 6.00. The van der Waals surface area contributed by atoms with E-state index in [-0.39, 0.29) is 18.6 Å². The van der Waals surface area contributed by atoms with E-state index in [0.29, 0.717) is 17.1 Å². The first-order valence-corrected chi connectivity index (χ1v) is 6.25. The molecule has 20 heavy (non-hydrogen) atoms. The molecule has 1 amide bonds. The van der Waals surface area contributed by atoms with Gasteiger partial charge in [-0.3, -0.25) is 4.79 Å². The number of aromatic amines is 1. The van der Waals surface area contributed by atoms with Crippen molar-refractivity contribution in [2.45, 2.75) is 13.0 Å². The Morgan fingerprint density at radius 3 is 3.10 bits per heavy atom. The maximum absolute atomic E-state index is 11.3. The summed E-state index contributed by atoms with van der Waals surface area (Å²) in [6, 6.07) is 3.43.